The normalized spacial score (nSPS) is 11.6. The summed E-state index contributed by atoms with van der Waals surface area (Å²) in [5.74, 6) is 0.333. The van der Waals surface area contributed by atoms with Gasteiger partial charge in [0, 0.05) is 35.6 Å². The second kappa shape index (κ2) is 9.26. The molecule has 5 aromatic rings. The van der Waals surface area contributed by atoms with Crippen LogP contribution in [0.25, 0.3) is 27.7 Å². The monoisotopic (exact) mass is 490 g/mol. The van der Waals surface area contributed by atoms with Crippen LogP contribution in [-0.2, 0) is 12.7 Å². The molecule has 6 nitrogen and oxygen atoms in total. The molecule has 36 heavy (non-hydrogen) atoms. The topological polar surface area (TPSA) is 71.9 Å². The van der Waals surface area contributed by atoms with E-state index >= 15 is 0 Å². The molecule has 2 heterocycles. The Kier molecular flexibility index (Phi) is 5.97. The number of aromatic amines is 1. The Morgan fingerprint density at radius 2 is 1.89 bits per heavy atom. The second-order valence-corrected chi connectivity index (χ2v) is 8.21. The zero-order valence-electron chi connectivity index (χ0n) is 19.1. The number of halogens is 3. The summed E-state index contributed by atoms with van der Waals surface area (Å²) >= 11 is 0. The number of aromatic nitrogens is 3. The molecular weight excluding hydrogens is 469 g/mol. The maximum absolute atomic E-state index is 13.4. The minimum atomic E-state index is -4.49. The third-order valence-corrected chi connectivity index (χ3v) is 5.92. The number of nitrogens with zero attached hydrogens (tertiary/aromatic N) is 2. The fourth-order valence-electron chi connectivity index (χ4n) is 4.10. The molecule has 0 radical (unpaired) electrons. The maximum atomic E-state index is 13.4. The number of hydrogen-bond acceptors (Lipinski definition) is 3. The third-order valence-electron chi connectivity index (χ3n) is 5.92. The Balaban J connectivity index is 1.57. The van der Waals surface area contributed by atoms with E-state index in [1.807, 2.05) is 36.4 Å². The van der Waals surface area contributed by atoms with Crippen molar-refractivity contribution in [2.75, 3.05) is 7.11 Å². The lowest BCUT2D eigenvalue weighted by molar-refractivity contribution is -0.137. The van der Waals surface area contributed by atoms with E-state index in [-0.39, 0.29) is 12.5 Å². The molecule has 0 aliphatic heterocycles. The number of benzene rings is 3. The van der Waals surface area contributed by atoms with Gasteiger partial charge in [0.2, 0.25) is 0 Å². The standard InChI is InChI=1S/C27H21F3N4O2/c1-36-22-7-2-4-17(10-22)13-31-26(35)24-16-34(21-6-3-5-20(12-21)27(28,29)30)25-11-18(8-9-23(24)25)19-14-32-33-15-19/h2-12,14-16H,13H2,1H3,(H,31,35)(H,32,33). The van der Waals surface area contributed by atoms with Crippen LogP contribution in [0, 0.1) is 0 Å². The average molecular weight is 490 g/mol. The number of fused-ring (bicyclic) bond motifs is 1. The first kappa shape index (κ1) is 23.2. The van der Waals surface area contributed by atoms with Gasteiger partial charge in [-0.3, -0.25) is 9.89 Å². The maximum Gasteiger partial charge on any atom is 0.416 e. The van der Waals surface area contributed by atoms with Crippen LogP contribution < -0.4 is 10.1 Å². The van der Waals surface area contributed by atoms with E-state index in [1.165, 1.54) is 6.07 Å². The highest BCUT2D eigenvalue weighted by Gasteiger charge is 2.30. The molecule has 0 fully saturated rings. The molecule has 3 aromatic carbocycles. The Morgan fingerprint density at radius 1 is 1.06 bits per heavy atom. The van der Waals surface area contributed by atoms with Crippen LogP contribution in [0.15, 0.2) is 85.3 Å². The molecule has 5 rings (SSSR count). The second-order valence-electron chi connectivity index (χ2n) is 8.21. The summed E-state index contributed by atoms with van der Waals surface area (Å²) in [5, 5.41) is 10.2. The average Bonchev–Trinajstić information content (AvgIpc) is 3.55. The SMILES string of the molecule is COc1cccc(CNC(=O)c2cn(-c3cccc(C(F)(F)F)c3)c3cc(-c4cn[nH]c4)ccc23)c1. The highest BCUT2D eigenvalue weighted by molar-refractivity contribution is 6.08. The van der Waals surface area contributed by atoms with Gasteiger partial charge in [0.15, 0.2) is 0 Å². The molecule has 0 atom stereocenters. The van der Waals surface area contributed by atoms with Crippen molar-refractivity contribution in [2.24, 2.45) is 0 Å². The number of H-pyrrole nitrogens is 1. The van der Waals surface area contributed by atoms with Gasteiger partial charge in [0.1, 0.15) is 5.75 Å². The van der Waals surface area contributed by atoms with Gasteiger partial charge in [0.25, 0.3) is 5.91 Å². The fraction of sp³-hybridized carbons (Fsp3) is 0.111. The van der Waals surface area contributed by atoms with Crippen molar-refractivity contribution >= 4 is 16.8 Å². The quantitative estimate of drug-likeness (QED) is 0.308. The molecule has 182 valence electrons. The lowest BCUT2D eigenvalue weighted by Gasteiger charge is -2.11. The largest absolute Gasteiger partial charge is 0.497 e. The summed E-state index contributed by atoms with van der Waals surface area (Å²) in [6.45, 7) is 0.263. The number of nitrogens with one attached hydrogen (secondary N) is 2. The van der Waals surface area contributed by atoms with E-state index in [0.717, 1.165) is 28.8 Å². The van der Waals surface area contributed by atoms with Crippen molar-refractivity contribution in [2.45, 2.75) is 12.7 Å². The van der Waals surface area contributed by atoms with Gasteiger partial charge >= 0.3 is 6.18 Å². The van der Waals surface area contributed by atoms with E-state index in [9.17, 15) is 18.0 Å². The number of amides is 1. The first-order valence-electron chi connectivity index (χ1n) is 11.1. The van der Waals surface area contributed by atoms with E-state index in [0.29, 0.717) is 27.9 Å². The number of ether oxygens (including phenoxy) is 1. The predicted molar refractivity (Wildman–Crippen MR) is 130 cm³/mol. The van der Waals surface area contributed by atoms with Crippen molar-refractivity contribution < 1.29 is 22.7 Å². The minimum absolute atomic E-state index is 0.263. The van der Waals surface area contributed by atoms with Crippen molar-refractivity contribution in [3.8, 4) is 22.6 Å². The Hall–Kier alpha value is -4.53. The summed E-state index contributed by atoms with van der Waals surface area (Å²) in [6.07, 6.45) is 0.457. The Morgan fingerprint density at radius 3 is 2.64 bits per heavy atom. The third kappa shape index (κ3) is 4.55. The van der Waals surface area contributed by atoms with Crippen molar-refractivity contribution in [1.29, 1.82) is 0 Å². The number of alkyl halides is 3. The number of rotatable bonds is 6. The molecular formula is C27H21F3N4O2. The first-order valence-corrected chi connectivity index (χ1v) is 11.1. The molecule has 2 N–H and O–H groups in total. The Bertz CT molecular complexity index is 1540. The predicted octanol–water partition coefficient (Wildman–Crippen LogP) is 5.98. The van der Waals surface area contributed by atoms with Gasteiger partial charge in [-0.2, -0.15) is 18.3 Å². The van der Waals surface area contributed by atoms with Crippen LogP contribution in [0.2, 0.25) is 0 Å². The van der Waals surface area contributed by atoms with Gasteiger partial charge < -0.3 is 14.6 Å². The van der Waals surface area contributed by atoms with Gasteiger partial charge in [-0.25, -0.2) is 0 Å². The van der Waals surface area contributed by atoms with E-state index in [1.54, 1.807) is 42.4 Å². The first-order chi connectivity index (χ1) is 17.3. The highest BCUT2D eigenvalue weighted by atomic mass is 19.4. The van der Waals surface area contributed by atoms with Crippen molar-refractivity contribution in [1.82, 2.24) is 20.1 Å². The summed E-state index contributed by atoms with van der Waals surface area (Å²) in [7, 11) is 1.57. The van der Waals surface area contributed by atoms with Crippen molar-refractivity contribution in [3.05, 3.63) is 102 Å². The molecule has 0 spiro atoms. The Labute approximate surface area is 204 Å². The smallest absolute Gasteiger partial charge is 0.416 e. The minimum Gasteiger partial charge on any atom is -0.497 e. The van der Waals surface area contributed by atoms with Gasteiger partial charge in [-0.15, -0.1) is 0 Å². The van der Waals surface area contributed by atoms with Crippen LogP contribution >= 0.6 is 0 Å². The van der Waals surface area contributed by atoms with E-state index in [2.05, 4.69) is 15.5 Å². The zero-order valence-corrected chi connectivity index (χ0v) is 19.1. The molecule has 9 heteroatoms. The number of hydrogen-bond donors (Lipinski definition) is 2. The summed E-state index contributed by atoms with van der Waals surface area (Å²) in [6, 6.07) is 17.8. The molecule has 0 unspecified atom stereocenters. The van der Waals surface area contributed by atoms with Crippen LogP contribution in [0.4, 0.5) is 13.2 Å². The molecule has 0 aliphatic carbocycles. The van der Waals surface area contributed by atoms with Gasteiger partial charge in [0.05, 0.1) is 30.0 Å². The number of methoxy groups -OCH3 is 1. The molecule has 0 saturated heterocycles. The summed E-state index contributed by atoms with van der Waals surface area (Å²) in [5.41, 5.74) is 2.96. The summed E-state index contributed by atoms with van der Waals surface area (Å²) < 4.78 is 47.0. The molecule has 0 bridgehead atoms. The van der Waals surface area contributed by atoms with Gasteiger partial charge in [-0.05, 0) is 47.5 Å². The van der Waals surface area contributed by atoms with Gasteiger partial charge in [-0.1, -0.05) is 30.3 Å². The molecule has 0 saturated carbocycles. The number of carbonyl (C=O) groups is 1. The summed E-state index contributed by atoms with van der Waals surface area (Å²) in [4.78, 5) is 13.2. The van der Waals surface area contributed by atoms with E-state index in [4.69, 9.17) is 4.74 Å². The van der Waals surface area contributed by atoms with Crippen LogP contribution in [0.1, 0.15) is 21.5 Å². The van der Waals surface area contributed by atoms with Crippen LogP contribution in [0.5, 0.6) is 5.75 Å². The lowest BCUT2D eigenvalue weighted by Crippen LogP contribution is -2.22. The van der Waals surface area contributed by atoms with Crippen LogP contribution in [0.3, 0.4) is 0 Å². The highest BCUT2D eigenvalue weighted by Crippen LogP contribution is 2.33. The van der Waals surface area contributed by atoms with Crippen LogP contribution in [-0.4, -0.2) is 27.8 Å². The fourth-order valence-corrected chi connectivity index (χ4v) is 4.10. The molecule has 2 aromatic heterocycles. The number of carbonyl (C=O) groups excluding carboxylic acids is 1. The van der Waals surface area contributed by atoms with Crippen molar-refractivity contribution in [3.63, 3.8) is 0 Å². The van der Waals surface area contributed by atoms with E-state index < -0.39 is 11.7 Å². The molecule has 1 amide bonds. The zero-order chi connectivity index (χ0) is 25.3. The molecule has 0 aliphatic rings. The lowest BCUT2D eigenvalue weighted by atomic mass is 10.1.